The van der Waals surface area contributed by atoms with Crippen LogP contribution < -0.4 is 5.73 Å². The Hall–Kier alpha value is -0.810. The summed E-state index contributed by atoms with van der Waals surface area (Å²) in [5.41, 5.74) is 5.69. The molecule has 116 valence electrons. The minimum Gasteiger partial charge on any atom is -0.444 e. The predicted octanol–water partition coefficient (Wildman–Crippen LogP) is 2.28. The molecule has 2 rings (SSSR count). The van der Waals surface area contributed by atoms with Gasteiger partial charge in [0.25, 0.3) is 0 Å². The fraction of sp³-hybridized carbons (Fsp3) is 0.933. The number of nitrogens with zero attached hydrogens (tertiary/aromatic N) is 1. The highest BCUT2D eigenvalue weighted by molar-refractivity contribution is 5.68. The van der Waals surface area contributed by atoms with E-state index >= 15 is 0 Å². The molecule has 1 aliphatic carbocycles. The first kappa shape index (κ1) is 15.6. The molecule has 0 bridgehead atoms. The first-order chi connectivity index (χ1) is 9.37. The van der Waals surface area contributed by atoms with Gasteiger partial charge in [0, 0.05) is 12.6 Å². The van der Waals surface area contributed by atoms with Crippen molar-refractivity contribution in [3.8, 4) is 0 Å². The first-order valence-corrected chi connectivity index (χ1v) is 7.73. The lowest BCUT2D eigenvalue weighted by molar-refractivity contribution is -0.00123. The van der Waals surface area contributed by atoms with Crippen molar-refractivity contribution in [1.82, 2.24) is 4.90 Å². The summed E-state index contributed by atoms with van der Waals surface area (Å²) < 4.78 is 11.2. The Morgan fingerprint density at radius 3 is 2.55 bits per heavy atom. The molecule has 2 aliphatic rings. The number of hydrogen-bond acceptors (Lipinski definition) is 4. The zero-order valence-corrected chi connectivity index (χ0v) is 12.9. The molecule has 1 saturated carbocycles. The number of hydrogen-bond donors (Lipinski definition) is 1. The van der Waals surface area contributed by atoms with Crippen LogP contribution in [-0.4, -0.2) is 47.9 Å². The maximum atomic E-state index is 12.5. The van der Waals surface area contributed by atoms with Crippen molar-refractivity contribution < 1.29 is 14.3 Å². The van der Waals surface area contributed by atoms with Crippen LogP contribution in [0.4, 0.5) is 4.79 Å². The van der Waals surface area contributed by atoms with Crippen LogP contribution in [0.15, 0.2) is 0 Å². The molecule has 2 fully saturated rings. The van der Waals surface area contributed by atoms with Gasteiger partial charge >= 0.3 is 6.09 Å². The molecule has 0 aromatic rings. The number of nitrogens with two attached hydrogens (primary N) is 1. The van der Waals surface area contributed by atoms with Gasteiger partial charge in [-0.05, 0) is 52.9 Å². The Bertz CT molecular complexity index is 335. The second-order valence-electron chi connectivity index (χ2n) is 6.93. The van der Waals surface area contributed by atoms with E-state index in [9.17, 15) is 4.79 Å². The molecule has 3 atom stereocenters. The minimum absolute atomic E-state index is 0.0592. The van der Waals surface area contributed by atoms with E-state index in [1.54, 1.807) is 0 Å². The molecular formula is C15H28N2O3. The summed E-state index contributed by atoms with van der Waals surface area (Å²) in [6, 6.07) is 0.151. The van der Waals surface area contributed by atoms with Crippen molar-refractivity contribution in [2.45, 2.75) is 76.7 Å². The summed E-state index contributed by atoms with van der Waals surface area (Å²) in [6.45, 7) is 7.08. The molecule has 5 heteroatoms. The lowest BCUT2D eigenvalue weighted by Gasteiger charge is -2.34. The maximum absolute atomic E-state index is 12.5. The molecule has 0 aromatic carbocycles. The zero-order chi connectivity index (χ0) is 14.8. The van der Waals surface area contributed by atoms with Gasteiger partial charge < -0.3 is 20.1 Å². The molecule has 0 aromatic heterocycles. The minimum atomic E-state index is -0.478. The van der Waals surface area contributed by atoms with Crippen LogP contribution in [0.1, 0.15) is 52.9 Å². The largest absolute Gasteiger partial charge is 0.444 e. The summed E-state index contributed by atoms with van der Waals surface area (Å²) >= 11 is 0. The lowest BCUT2D eigenvalue weighted by Crippen LogP contribution is -2.51. The van der Waals surface area contributed by atoms with E-state index < -0.39 is 5.60 Å². The Kier molecular flexibility index (Phi) is 4.91. The van der Waals surface area contributed by atoms with E-state index in [0.717, 1.165) is 38.7 Å². The maximum Gasteiger partial charge on any atom is 0.410 e. The van der Waals surface area contributed by atoms with Crippen molar-refractivity contribution in [1.29, 1.82) is 0 Å². The van der Waals surface area contributed by atoms with Gasteiger partial charge in [-0.15, -0.1) is 0 Å². The van der Waals surface area contributed by atoms with Gasteiger partial charge in [-0.2, -0.15) is 0 Å². The Labute approximate surface area is 121 Å². The van der Waals surface area contributed by atoms with Crippen LogP contribution in [0.2, 0.25) is 0 Å². The first-order valence-electron chi connectivity index (χ1n) is 7.73. The van der Waals surface area contributed by atoms with Crippen LogP contribution in [0.25, 0.3) is 0 Å². The molecule has 0 radical (unpaired) electrons. The average molecular weight is 284 g/mol. The van der Waals surface area contributed by atoms with Gasteiger partial charge in [0.1, 0.15) is 5.60 Å². The van der Waals surface area contributed by atoms with E-state index in [4.69, 9.17) is 15.2 Å². The molecule has 5 nitrogen and oxygen atoms in total. The van der Waals surface area contributed by atoms with Gasteiger partial charge in [0.15, 0.2) is 0 Å². The highest BCUT2D eigenvalue weighted by Gasteiger charge is 2.36. The van der Waals surface area contributed by atoms with Gasteiger partial charge in [-0.25, -0.2) is 4.79 Å². The summed E-state index contributed by atoms with van der Waals surface area (Å²) in [4.78, 5) is 14.3. The van der Waals surface area contributed by atoms with Crippen molar-refractivity contribution in [2.75, 3.05) is 13.2 Å². The van der Waals surface area contributed by atoms with Crippen molar-refractivity contribution >= 4 is 6.09 Å². The van der Waals surface area contributed by atoms with Crippen LogP contribution in [0.3, 0.4) is 0 Å². The summed E-state index contributed by atoms with van der Waals surface area (Å²) in [5.74, 6) is 0. The van der Waals surface area contributed by atoms with Gasteiger partial charge in [0.2, 0.25) is 0 Å². The van der Waals surface area contributed by atoms with E-state index in [-0.39, 0.29) is 24.3 Å². The third-order valence-electron chi connectivity index (χ3n) is 3.98. The Balaban J connectivity index is 2.04. The zero-order valence-electron chi connectivity index (χ0n) is 12.9. The van der Waals surface area contributed by atoms with Crippen molar-refractivity contribution in [3.63, 3.8) is 0 Å². The highest BCUT2D eigenvalue weighted by atomic mass is 16.6. The second-order valence-corrected chi connectivity index (χ2v) is 6.93. The fourth-order valence-corrected chi connectivity index (χ4v) is 3.03. The second kappa shape index (κ2) is 6.31. The van der Waals surface area contributed by atoms with Crippen LogP contribution in [-0.2, 0) is 9.47 Å². The number of ether oxygens (including phenoxy) is 2. The fourth-order valence-electron chi connectivity index (χ4n) is 3.03. The standard InChI is InChI=1S/C15H28N2O3/c1-15(2,3)20-14(18)17(10-11-6-5-9-19-11)13-8-4-7-12(13)16/h11-13H,4-10,16H2,1-3H3/t11-,12+,13-/m0/s1. The summed E-state index contributed by atoms with van der Waals surface area (Å²) in [5, 5.41) is 0. The van der Waals surface area contributed by atoms with E-state index in [1.165, 1.54) is 0 Å². The molecule has 2 N–H and O–H groups in total. The molecular weight excluding hydrogens is 256 g/mol. The predicted molar refractivity (Wildman–Crippen MR) is 77.5 cm³/mol. The Morgan fingerprint density at radius 1 is 1.30 bits per heavy atom. The van der Waals surface area contributed by atoms with Gasteiger partial charge in [-0.1, -0.05) is 0 Å². The summed E-state index contributed by atoms with van der Waals surface area (Å²) in [6.07, 6.45) is 5.00. The average Bonchev–Trinajstić information content (AvgIpc) is 2.94. The molecule has 0 unspecified atom stereocenters. The number of carbonyl (C=O) groups is 1. The monoisotopic (exact) mass is 284 g/mol. The lowest BCUT2D eigenvalue weighted by atomic mass is 10.1. The number of rotatable bonds is 3. The van der Waals surface area contributed by atoms with Gasteiger partial charge in [0.05, 0.1) is 18.7 Å². The van der Waals surface area contributed by atoms with Crippen LogP contribution in [0, 0.1) is 0 Å². The molecule has 1 heterocycles. The molecule has 1 amide bonds. The van der Waals surface area contributed by atoms with Crippen LogP contribution >= 0.6 is 0 Å². The van der Waals surface area contributed by atoms with Gasteiger partial charge in [-0.3, -0.25) is 0 Å². The number of amides is 1. The van der Waals surface area contributed by atoms with Crippen LogP contribution in [0.5, 0.6) is 0 Å². The third kappa shape index (κ3) is 4.09. The molecule has 1 saturated heterocycles. The van der Waals surface area contributed by atoms with Crippen molar-refractivity contribution in [3.05, 3.63) is 0 Å². The molecule has 1 aliphatic heterocycles. The molecule has 20 heavy (non-hydrogen) atoms. The Morgan fingerprint density at radius 2 is 2.05 bits per heavy atom. The van der Waals surface area contributed by atoms with E-state index in [1.807, 2.05) is 25.7 Å². The smallest absolute Gasteiger partial charge is 0.410 e. The van der Waals surface area contributed by atoms with Crippen molar-refractivity contribution in [2.24, 2.45) is 5.73 Å². The quantitative estimate of drug-likeness (QED) is 0.863. The third-order valence-corrected chi connectivity index (χ3v) is 3.98. The number of carbonyl (C=O) groups excluding carboxylic acids is 1. The summed E-state index contributed by atoms with van der Waals surface area (Å²) in [7, 11) is 0. The SMILES string of the molecule is CC(C)(C)OC(=O)N(C[C@@H]1CCCO1)[C@H]1CCC[C@H]1N. The van der Waals surface area contributed by atoms with E-state index in [0.29, 0.717) is 6.54 Å². The highest BCUT2D eigenvalue weighted by Crippen LogP contribution is 2.26. The topological polar surface area (TPSA) is 64.8 Å². The molecule has 0 spiro atoms. The normalized spacial score (nSPS) is 30.5. The van der Waals surface area contributed by atoms with E-state index in [2.05, 4.69) is 0 Å².